The van der Waals surface area contributed by atoms with Crippen molar-refractivity contribution in [2.75, 3.05) is 11.1 Å². The number of hydrogen-bond acceptors (Lipinski definition) is 9. The highest BCUT2D eigenvalue weighted by atomic mass is 32.1. The molecule has 6 N–H and O–H groups in total. The third kappa shape index (κ3) is 5.78. The predicted octanol–water partition coefficient (Wildman–Crippen LogP) is 0.327. The smallest absolute Gasteiger partial charge is 0.326 e. The standard InChI is InChI=1S/C19H19N7O5S/c20-19-25-15-14(17(29)26-19)23-11(8-22-15)7-21-10-3-1-9(2-4-10)16(28)24-12(18(30)31)5-6-13(27)32/h1-4,8,12,21H,5-7H2,(H,24,28)(H,27,32)(H,30,31)(H3,20,22,25,26,29)/t12-/m0/s1. The Morgan fingerprint density at radius 1 is 1.19 bits per heavy atom. The van der Waals surface area contributed by atoms with E-state index in [9.17, 15) is 24.3 Å². The van der Waals surface area contributed by atoms with Gasteiger partial charge in [0.2, 0.25) is 5.95 Å². The van der Waals surface area contributed by atoms with Gasteiger partial charge in [-0.05, 0) is 30.7 Å². The molecule has 0 aliphatic rings. The van der Waals surface area contributed by atoms with Gasteiger partial charge in [-0.25, -0.2) is 14.8 Å². The monoisotopic (exact) mass is 457 g/mol. The van der Waals surface area contributed by atoms with Crippen molar-refractivity contribution in [2.45, 2.75) is 25.4 Å². The maximum absolute atomic E-state index is 12.3. The Hall–Kier alpha value is -4.00. The number of H-pyrrole nitrogens is 1. The molecule has 0 spiro atoms. The molecule has 32 heavy (non-hydrogen) atoms. The average Bonchev–Trinajstić information content (AvgIpc) is 2.75. The lowest BCUT2D eigenvalue weighted by Crippen LogP contribution is -2.41. The van der Waals surface area contributed by atoms with Crippen LogP contribution in [-0.4, -0.2) is 48.1 Å². The van der Waals surface area contributed by atoms with E-state index < -0.39 is 28.6 Å². The van der Waals surface area contributed by atoms with Crippen LogP contribution in [0.2, 0.25) is 0 Å². The van der Waals surface area contributed by atoms with Crippen LogP contribution in [-0.2, 0) is 16.1 Å². The van der Waals surface area contributed by atoms with E-state index in [0.29, 0.717) is 11.4 Å². The zero-order valence-electron chi connectivity index (χ0n) is 16.5. The van der Waals surface area contributed by atoms with Crippen molar-refractivity contribution in [1.29, 1.82) is 0 Å². The molecule has 0 aliphatic heterocycles. The first kappa shape index (κ1) is 22.7. The molecule has 12 nitrogen and oxygen atoms in total. The first-order valence-electron chi connectivity index (χ1n) is 9.33. The lowest BCUT2D eigenvalue weighted by molar-refractivity contribution is -0.139. The number of carbonyl (C=O) groups is 3. The van der Waals surface area contributed by atoms with Gasteiger partial charge >= 0.3 is 5.97 Å². The number of thiol groups is 1. The topological polar surface area (TPSA) is 193 Å². The lowest BCUT2D eigenvalue weighted by Gasteiger charge is -2.14. The van der Waals surface area contributed by atoms with E-state index in [0.717, 1.165) is 0 Å². The van der Waals surface area contributed by atoms with Crippen LogP contribution in [0, 0.1) is 0 Å². The number of carboxylic acids is 1. The van der Waals surface area contributed by atoms with E-state index in [-0.39, 0.29) is 42.1 Å². The normalized spacial score (nSPS) is 11.7. The highest BCUT2D eigenvalue weighted by Gasteiger charge is 2.21. The van der Waals surface area contributed by atoms with Crippen molar-refractivity contribution in [3.63, 3.8) is 0 Å². The Labute approximate surface area is 186 Å². The summed E-state index contributed by atoms with van der Waals surface area (Å²) in [6.45, 7) is 0.247. The second kappa shape index (κ2) is 9.87. The number of carbonyl (C=O) groups excluding carboxylic acids is 2. The van der Waals surface area contributed by atoms with Gasteiger partial charge in [0.05, 0.1) is 18.4 Å². The van der Waals surface area contributed by atoms with Gasteiger partial charge in [0, 0.05) is 17.7 Å². The minimum absolute atomic E-state index is 0.0447. The number of nitrogens with two attached hydrogens (primary N) is 1. The maximum atomic E-state index is 12.3. The van der Waals surface area contributed by atoms with Crippen molar-refractivity contribution >= 4 is 52.4 Å². The second-order valence-electron chi connectivity index (χ2n) is 6.71. The molecule has 0 radical (unpaired) electrons. The van der Waals surface area contributed by atoms with E-state index >= 15 is 0 Å². The molecule has 2 heterocycles. The van der Waals surface area contributed by atoms with Crippen molar-refractivity contribution < 1.29 is 19.5 Å². The number of rotatable bonds is 9. The second-order valence-corrected chi connectivity index (χ2v) is 7.21. The minimum Gasteiger partial charge on any atom is -0.480 e. The molecule has 1 aromatic carbocycles. The number of carboxylic acid groups (broad SMARTS) is 1. The van der Waals surface area contributed by atoms with Crippen molar-refractivity contribution in [2.24, 2.45) is 0 Å². The summed E-state index contributed by atoms with van der Waals surface area (Å²) >= 11 is 3.60. The van der Waals surface area contributed by atoms with E-state index in [2.05, 4.69) is 43.2 Å². The largest absolute Gasteiger partial charge is 0.480 e. The van der Waals surface area contributed by atoms with Gasteiger partial charge in [0.15, 0.2) is 16.3 Å². The quantitative estimate of drug-likeness (QED) is 0.244. The van der Waals surface area contributed by atoms with Gasteiger partial charge in [-0.1, -0.05) is 0 Å². The number of benzene rings is 1. The number of amides is 1. The van der Waals surface area contributed by atoms with Crippen LogP contribution < -0.4 is 21.9 Å². The van der Waals surface area contributed by atoms with Crippen LogP contribution in [0.3, 0.4) is 0 Å². The zero-order chi connectivity index (χ0) is 23.3. The third-order valence-electron chi connectivity index (χ3n) is 4.36. The Balaban J connectivity index is 1.62. The fourth-order valence-electron chi connectivity index (χ4n) is 2.75. The van der Waals surface area contributed by atoms with Gasteiger partial charge in [0.1, 0.15) is 6.04 Å². The van der Waals surface area contributed by atoms with E-state index in [1.54, 1.807) is 12.1 Å². The number of anilines is 2. The number of aromatic amines is 1. The van der Waals surface area contributed by atoms with Crippen LogP contribution in [0.4, 0.5) is 11.6 Å². The van der Waals surface area contributed by atoms with Gasteiger partial charge in [-0.3, -0.25) is 19.4 Å². The first-order chi connectivity index (χ1) is 15.2. The highest BCUT2D eigenvalue weighted by molar-refractivity contribution is 7.96. The maximum Gasteiger partial charge on any atom is 0.326 e. The van der Waals surface area contributed by atoms with Crippen molar-refractivity contribution in [3.05, 3.63) is 52.1 Å². The molecule has 13 heteroatoms. The van der Waals surface area contributed by atoms with Gasteiger partial charge in [-0.2, -0.15) is 4.98 Å². The lowest BCUT2D eigenvalue weighted by atomic mass is 10.1. The highest BCUT2D eigenvalue weighted by Crippen LogP contribution is 2.12. The predicted molar refractivity (Wildman–Crippen MR) is 118 cm³/mol. The number of nitrogens with one attached hydrogen (secondary N) is 3. The zero-order valence-corrected chi connectivity index (χ0v) is 17.4. The molecule has 3 aromatic rings. The Morgan fingerprint density at radius 2 is 1.91 bits per heavy atom. The number of aliphatic carboxylic acids is 1. The summed E-state index contributed by atoms with van der Waals surface area (Å²) in [7, 11) is 0. The molecule has 0 unspecified atom stereocenters. The molecule has 0 saturated carbocycles. The van der Waals surface area contributed by atoms with E-state index in [1.807, 2.05) is 0 Å². The number of fused-ring (bicyclic) bond motifs is 1. The molecule has 3 rings (SSSR count). The van der Waals surface area contributed by atoms with Crippen LogP contribution in [0.15, 0.2) is 35.3 Å². The third-order valence-corrected chi connectivity index (χ3v) is 4.58. The summed E-state index contributed by atoms with van der Waals surface area (Å²) in [6, 6.07) is 5.10. The Bertz CT molecular complexity index is 1230. The molecular formula is C19H19N7O5S. The molecule has 166 valence electrons. The van der Waals surface area contributed by atoms with Crippen LogP contribution in [0.1, 0.15) is 28.9 Å². The molecule has 0 aliphatic carbocycles. The van der Waals surface area contributed by atoms with E-state index in [4.69, 9.17) is 5.73 Å². The Morgan fingerprint density at radius 3 is 2.56 bits per heavy atom. The summed E-state index contributed by atoms with van der Waals surface area (Å²) in [5, 5.41) is 14.2. The van der Waals surface area contributed by atoms with Crippen LogP contribution in [0.5, 0.6) is 0 Å². The molecule has 0 saturated heterocycles. The SMILES string of the molecule is Nc1nc2ncc(CNc3ccc(C(=O)N[C@@H](CCC(=O)S)C(=O)O)cc3)nc2c(=O)[nH]1. The number of hydrogen-bond donors (Lipinski definition) is 6. The summed E-state index contributed by atoms with van der Waals surface area (Å²) in [4.78, 5) is 61.0. The summed E-state index contributed by atoms with van der Waals surface area (Å²) in [5.41, 5.74) is 6.59. The van der Waals surface area contributed by atoms with Crippen LogP contribution in [0.25, 0.3) is 11.2 Å². The van der Waals surface area contributed by atoms with Crippen molar-refractivity contribution in [1.82, 2.24) is 25.3 Å². The van der Waals surface area contributed by atoms with Gasteiger partial charge in [-0.15, -0.1) is 12.6 Å². The molecule has 0 bridgehead atoms. The van der Waals surface area contributed by atoms with Crippen LogP contribution >= 0.6 is 12.6 Å². The fourth-order valence-corrected chi connectivity index (χ4v) is 2.88. The van der Waals surface area contributed by atoms with Gasteiger partial charge < -0.3 is 21.5 Å². The van der Waals surface area contributed by atoms with E-state index in [1.165, 1.54) is 18.3 Å². The number of nitrogen functional groups attached to an aromatic ring is 1. The molecule has 2 aromatic heterocycles. The number of nitrogens with zero attached hydrogens (tertiary/aromatic N) is 3. The molecular weight excluding hydrogens is 438 g/mol. The minimum atomic E-state index is -1.24. The number of aromatic nitrogens is 4. The Kier molecular flexibility index (Phi) is 7.00. The summed E-state index contributed by atoms with van der Waals surface area (Å²) in [5.74, 6) is -1.86. The average molecular weight is 457 g/mol. The molecule has 1 amide bonds. The molecule has 1 atom stereocenters. The fraction of sp³-hybridized carbons (Fsp3) is 0.211. The van der Waals surface area contributed by atoms with Gasteiger partial charge in [0.25, 0.3) is 11.5 Å². The molecule has 0 fully saturated rings. The van der Waals surface area contributed by atoms with Crippen molar-refractivity contribution in [3.8, 4) is 0 Å². The first-order valence-corrected chi connectivity index (χ1v) is 9.78. The summed E-state index contributed by atoms with van der Waals surface area (Å²) in [6.07, 6.45) is 1.33. The summed E-state index contributed by atoms with van der Waals surface area (Å²) < 4.78 is 0.